The van der Waals surface area contributed by atoms with Crippen molar-refractivity contribution in [3.05, 3.63) is 29.3 Å². The molecule has 140 valence electrons. The molecule has 2 rings (SSSR count). The molecule has 0 aliphatic carbocycles. The maximum absolute atomic E-state index is 5.79. The molecule has 25 heavy (non-hydrogen) atoms. The Morgan fingerprint density at radius 1 is 1.32 bits per heavy atom. The molecule has 1 fully saturated rings. The third-order valence-corrected chi connectivity index (χ3v) is 5.43. The Morgan fingerprint density at radius 2 is 2.08 bits per heavy atom. The molecule has 6 heteroatoms. The molecule has 0 saturated carbocycles. The number of aryl methyl sites for hydroxylation is 1. The highest BCUT2D eigenvalue weighted by Crippen LogP contribution is 2.24. The molecule has 0 amide bonds. The molecule has 0 bridgehead atoms. The van der Waals surface area contributed by atoms with Crippen molar-refractivity contribution >= 4 is 17.7 Å². The third kappa shape index (κ3) is 5.90. The second-order valence-corrected chi connectivity index (χ2v) is 7.21. The van der Waals surface area contributed by atoms with Gasteiger partial charge >= 0.3 is 0 Å². The number of nitrogens with one attached hydrogen (secondary N) is 2. The number of methoxy groups -OCH3 is 1. The van der Waals surface area contributed by atoms with E-state index in [0.29, 0.717) is 6.54 Å². The predicted octanol–water partition coefficient (Wildman–Crippen LogP) is 2.97. The van der Waals surface area contributed by atoms with Crippen LogP contribution in [0.1, 0.15) is 30.9 Å². The summed E-state index contributed by atoms with van der Waals surface area (Å²) in [5, 5.41) is 6.78. The first-order chi connectivity index (χ1) is 12.1. The first kappa shape index (κ1) is 20.1. The van der Waals surface area contributed by atoms with Gasteiger partial charge in [-0.1, -0.05) is 12.1 Å². The molecule has 0 atom stereocenters. The smallest absolute Gasteiger partial charge is 0.191 e. The molecular weight excluding hydrogens is 334 g/mol. The summed E-state index contributed by atoms with van der Waals surface area (Å²) in [6, 6.07) is 6.54. The van der Waals surface area contributed by atoms with Crippen LogP contribution in [0.15, 0.2) is 28.1 Å². The fourth-order valence-corrected chi connectivity index (χ4v) is 3.63. The summed E-state index contributed by atoms with van der Waals surface area (Å²) >= 11 is 1.77. The number of thioether (sulfide) groups is 1. The molecule has 0 aromatic heterocycles. The van der Waals surface area contributed by atoms with Gasteiger partial charge in [-0.15, -0.1) is 11.8 Å². The van der Waals surface area contributed by atoms with Gasteiger partial charge in [0.25, 0.3) is 0 Å². The van der Waals surface area contributed by atoms with Gasteiger partial charge in [-0.05, 0) is 37.3 Å². The molecule has 5 nitrogen and oxygen atoms in total. The van der Waals surface area contributed by atoms with Crippen molar-refractivity contribution in [1.82, 2.24) is 10.6 Å². The summed E-state index contributed by atoms with van der Waals surface area (Å²) in [5.41, 5.74) is 2.37. The van der Waals surface area contributed by atoms with Crippen LogP contribution < -0.4 is 10.6 Å². The summed E-state index contributed by atoms with van der Waals surface area (Å²) in [6.07, 6.45) is 3.92. The van der Waals surface area contributed by atoms with Gasteiger partial charge in [0.1, 0.15) is 0 Å². The maximum atomic E-state index is 5.79. The normalized spacial score (nSPS) is 17.4. The number of aliphatic imine (C=N–C) groups is 1. The first-order valence-electron chi connectivity index (χ1n) is 8.91. The van der Waals surface area contributed by atoms with Gasteiger partial charge in [0, 0.05) is 51.2 Å². The van der Waals surface area contributed by atoms with Crippen LogP contribution in [0.2, 0.25) is 0 Å². The van der Waals surface area contributed by atoms with E-state index in [1.807, 2.05) is 0 Å². The van der Waals surface area contributed by atoms with Gasteiger partial charge in [0.15, 0.2) is 5.96 Å². The summed E-state index contributed by atoms with van der Waals surface area (Å²) in [6.45, 7) is 7.94. The monoisotopic (exact) mass is 365 g/mol. The number of ether oxygens (including phenoxy) is 2. The zero-order valence-electron chi connectivity index (χ0n) is 15.9. The number of hydrogen-bond donors (Lipinski definition) is 2. The highest BCUT2D eigenvalue weighted by molar-refractivity contribution is 7.98. The molecule has 1 aliphatic rings. The van der Waals surface area contributed by atoms with Crippen LogP contribution in [0.25, 0.3) is 0 Å². The van der Waals surface area contributed by atoms with Gasteiger partial charge in [0.05, 0.1) is 12.1 Å². The predicted molar refractivity (Wildman–Crippen MR) is 106 cm³/mol. The fourth-order valence-electron chi connectivity index (χ4n) is 2.93. The lowest BCUT2D eigenvalue weighted by atomic mass is 9.94. The molecule has 1 aromatic rings. The average molecular weight is 366 g/mol. The SMILES string of the molecule is CCNC(=NCc1ccc(C)cc1SC)NCC1(OC)CCOCC1. The Balaban J connectivity index is 2.03. The Hall–Kier alpha value is -1.24. The van der Waals surface area contributed by atoms with Gasteiger partial charge in [0.2, 0.25) is 0 Å². The van der Waals surface area contributed by atoms with E-state index in [1.165, 1.54) is 16.0 Å². The average Bonchev–Trinajstić information content (AvgIpc) is 2.65. The lowest BCUT2D eigenvalue weighted by molar-refractivity contribution is -0.0855. The molecule has 0 spiro atoms. The van der Waals surface area contributed by atoms with E-state index in [2.05, 4.69) is 48.9 Å². The largest absolute Gasteiger partial charge is 0.381 e. The Labute approximate surface area is 156 Å². The van der Waals surface area contributed by atoms with Crippen LogP contribution in [0.5, 0.6) is 0 Å². The van der Waals surface area contributed by atoms with E-state index in [-0.39, 0.29) is 5.60 Å². The van der Waals surface area contributed by atoms with Crippen molar-refractivity contribution in [2.45, 2.75) is 43.7 Å². The number of hydrogen-bond acceptors (Lipinski definition) is 4. The lowest BCUT2D eigenvalue weighted by Crippen LogP contribution is -2.50. The lowest BCUT2D eigenvalue weighted by Gasteiger charge is -2.36. The summed E-state index contributed by atoms with van der Waals surface area (Å²) in [4.78, 5) is 6.06. The minimum absolute atomic E-state index is 0.164. The second-order valence-electron chi connectivity index (χ2n) is 6.36. The highest BCUT2D eigenvalue weighted by atomic mass is 32.2. The van der Waals surface area contributed by atoms with Crippen molar-refractivity contribution in [1.29, 1.82) is 0 Å². The molecule has 1 aromatic carbocycles. The van der Waals surface area contributed by atoms with Crippen molar-refractivity contribution in [3.8, 4) is 0 Å². The summed E-state index contributed by atoms with van der Waals surface area (Å²) in [5.74, 6) is 0.832. The van der Waals surface area contributed by atoms with E-state index in [4.69, 9.17) is 14.5 Å². The fraction of sp³-hybridized carbons (Fsp3) is 0.632. The van der Waals surface area contributed by atoms with Crippen molar-refractivity contribution in [2.24, 2.45) is 4.99 Å². The van der Waals surface area contributed by atoms with Gasteiger partial charge in [-0.3, -0.25) is 0 Å². The van der Waals surface area contributed by atoms with Crippen LogP contribution in [-0.2, 0) is 16.0 Å². The van der Waals surface area contributed by atoms with Crippen molar-refractivity contribution < 1.29 is 9.47 Å². The topological polar surface area (TPSA) is 54.9 Å². The van der Waals surface area contributed by atoms with Crippen molar-refractivity contribution in [2.75, 3.05) is 39.7 Å². The van der Waals surface area contributed by atoms with E-state index in [9.17, 15) is 0 Å². The Morgan fingerprint density at radius 3 is 2.72 bits per heavy atom. The van der Waals surface area contributed by atoms with Crippen LogP contribution in [0, 0.1) is 6.92 Å². The zero-order valence-corrected chi connectivity index (χ0v) is 16.7. The van der Waals surface area contributed by atoms with E-state index in [1.54, 1.807) is 18.9 Å². The van der Waals surface area contributed by atoms with Gasteiger partial charge in [-0.2, -0.15) is 0 Å². The maximum Gasteiger partial charge on any atom is 0.191 e. The van der Waals surface area contributed by atoms with Crippen LogP contribution >= 0.6 is 11.8 Å². The molecule has 0 unspecified atom stereocenters. The number of rotatable bonds is 7. The van der Waals surface area contributed by atoms with E-state index < -0.39 is 0 Å². The van der Waals surface area contributed by atoms with E-state index >= 15 is 0 Å². The Bertz CT molecular complexity index is 572. The van der Waals surface area contributed by atoms with Gasteiger partial charge < -0.3 is 20.1 Å². The number of guanidine groups is 1. The summed E-state index contributed by atoms with van der Waals surface area (Å²) in [7, 11) is 1.79. The molecular formula is C19H31N3O2S. The summed E-state index contributed by atoms with van der Waals surface area (Å²) < 4.78 is 11.3. The second kappa shape index (κ2) is 10.0. The molecule has 0 radical (unpaired) electrons. The zero-order chi connectivity index (χ0) is 18.1. The van der Waals surface area contributed by atoms with Crippen LogP contribution in [0.3, 0.4) is 0 Å². The first-order valence-corrected chi connectivity index (χ1v) is 10.1. The van der Waals surface area contributed by atoms with Crippen LogP contribution in [-0.4, -0.2) is 51.2 Å². The molecule has 1 saturated heterocycles. The third-order valence-electron chi connectivity index (χ3n) is 4.61. The standard InChI is InChI=1S/C19H31N3O2S/c1-5-20-18(22-14-19(23-3)8-10-24-11-9-19)21-13-16-7-6-15(2)12-17(16)25-4/h6-7,12H,5,8-11,13-14H2,1-4H3,(H2,20,21,22). The van der Waals surface area contributed by atoms with Gasteiger partial charge in [-0.25, -0.2) is 4.99 Å². The Kier molecular flexibility index (Phi) is 8.06. The minimum atomic E-state index is -0.164. The quantitative estimate of drug-likeness (QED) is 0.442. The van der Waals surface area contributed by atoms with E-state index in [0.717, 1.165) is 45.1 Å². The molecule has 2 N–H and O–H groups in total. The highest BCUT2D eigenvalue weighted by Gasteiger charge is 2.32. The van der Waals surface area contributed by atoms with Crippen LogP contribution in [0.4, 0.5) is 0 Å². The number of benzene rings is 1. The minimum Gasteiger partial charge on any atom is -0.381 e. The van der Waals surface area contributed by atoms with Crippen molar-refractivity contribution in [3.63, 3.8) is 0 Å². The molecule has 1 aliphatic heterocycles. The number of nitrogens with zero attached hydrogens (tertiary/aromatic N) is 1. The molecule has 1 heterocycles.